The van der Waals surface area contributed by atoms with Crippen LogP contribution in [0.3, 0.4) is 0 Å². The molecule has 0 spiro atoms. The zero-order chi connectivity index (χ0) is 15.9. The van der Waals surface area contributed by atoms with Gasteiger partial charge in [0.25, 0.3) is 5.91 Å². The molecule has 1 saturated carbocycles. The Hall–Kier alpha value is -1.15. The first-order valence-electron chi connectivity index (χ1n) is 7.10. The summed E-state index contributed by atoms with van der Waals surface area (Å²) in [5.41, 5.74) is -0.633. The van der Waals surface area contributed by atoms with Crippen LogP contribution in [0.5, 0.6) is 0 Å². The van der Waals surface area contributed by atoms with Gasteiger partial charge in [0.05, 0.1) is 18.2 Å². The maximum absolute atomic E-state index is 12.4. The van der Waals surface area contributed by atoms with Crippen LogP contribution in [-0.2, 0) is 24.1 Å². The number of oxime groups is 1. The number of hydrogen-bond acceptors (Lipinski definition) is 6. The smallest absolute Gasteiger partial charge is 0.362 e. The van der Waals surface area contributed by atoms with E-state index in [-0.39, 0.29) is 17.9 Å². The first-order valence-corrected chi connectivity index (χ1v) is 8.51. The number of carbonyl (C=O) groups excluding carboxylic acids is 1. The maximum Gasteiger partial charge on any atom is 0.362 e. The highest BCUT2D eigenvalue weighted by atomic mass is 32.2. The molecule has 0 saturated heterocycles. The molecular formula is C13H22N2O5S. The summed E-state index contributed by atoms with van der Waals surface area (Å²) >= 11 is 0. The van der Waals surface area contributed by atoms with Gasteiger partial charge in [-0.1, -0.05) is 25.9 Å². The topological polar surface area (TPSA) is 94.1 Å². The van der Waals surface area contributed by atoms with Gasteiger partial charge < -0.3 is 4.84 Å². The Morgan fingerprint density at radius 3 is 2.76 bits per heavy atom. The van der Waals surface area contributed by atoms with Crippen LogP contribution in [0.1, 0.15) is 47.0 Å². The fraction of sp³-hybridized carbons (Fsp3) is 0.846. The van der Waals surface area contributed by atoms with Crippen LogP contribution < -0.4 is 4.72 Å². The molecule has 2 rings (SSSR count). The Balaban J connectivity index is 2.22. The van der Waals surface area contributed by atoms with Gasteiger partial charge >= 0.3 is 10.3 Å². The number of fused-ring (bicyclic) bond motifs is 1. The summed E-state index contributed by atoms with van der Waals surface area (Å²) in [5.74, 6) is -0.879. The summed E-state index contributed by atoms with van der Waals surface area (Å²) in [6, 6.07) is 0. The molecule has 1 heterocycles. The van der Waals surface area contributed by atoms with Gasteiger partial charge in [-0.2, -0.15) is 8.42 Å². The Morgan fingerprint density at radius 2 is 2.19 bits per heavy atom. The third-order valence-corrected chi connectivity index (χ3v) is 4.87. The van der Waals surface area contributed by atoms with Crippen LogP contribution >= 0.6 is 0 Å². The quantitative estimate of drug-likeness (QED) is 0.844. The predicted molar refractivity (Wildman–Crippen MR) is 76.7 cm³/mol. The van der Waals surface area contributed by atoms with E-state index in [0.29, 0.717) is 6.42 Å². The second kappa shape index (κ2) is 5.24. The molecule has 8 heteroatoms. The fourth-order valence-electron chi connectivity index (χ4n) is 2.99. The highest BCUT2D eigenvalue weighted by molar-refractivity contribution is 7.85. The van der Waals surface area contributed by atoms with E-state index in [4.69, 9.17) is 4.84 Å². The molecule has 2 aliphatic rings. The number of carbonyl (C=O) groups is 1. The molecule has 2 unspecified atom stereocenters. The van der Waals surface area contributed by atoms with Crippen molar-refractivity contribution in [1.29, 1.82) is 0 Å². The lowest BCUT2D eigenvalue weighted by Crippen LogP contribution is -2.52. The van der Waals surface area contributed by atoms with Gasteiger partial charge in [-0.25, -0.2) is 4.72 Å². The van der Waals surface area contributed by atoms with Crippen molar-refractivity contribution in [2.24, 2.45) is 16.5 Å². The van der Waals surface area contributed by atoms with Crippen LogP contribution in [0, 0.1) is 11.3 Å². The normalized spacial score (nSPS) is 28.8. The molecule has 0 bridgehead atoms. The lowest BCUT2D eigenvalue weighted by atomic mass is 9.76. The van der Waals surface area contributed by atoms with Gasteiger partial charge in [0, 0.05) is 5.41 Å². The average molecular weight is 318 g/mol. The van der Waals surface area contributed by atoms with E-state index in [0.717, 1.165) is 18.6 Å². The number of rotatable bonds is 4. The molecule has 1 aliphatic carbocycles. The molecule has 1 aliphatic heterocycles. The molecule has 1 fully saturated rings. The zero-order valence-electron chi connectivity index (χ0n) is 12.8. The van der Waals surface area contributed by atoms with Gasteiger partial charge in [-0.3, -0.25) is 8.98 Å². The minimum atomic E-state index is -4.10. The van der Waals surface area contributed by atoms with Gasteiger partial charge in [-0.15, -0.1) is 0 Å². The second-order valence-electron chi connectivity index (χ2n) is 6.44. The summed E-state index contributed by atoms with van der Waals surface area (Å²) < 4.78 is 29.7. The van der Waals surface area contributed by atoms with Crippen molar-refractivity contribution in [3.05, 3.63) is 0 Å². The SMILES string of the molecule is CCOS(=O)(=O)NC(=O)C12CCCC1C(C(C)(C)C)=NO2. The van der Waals surface area contributed by atoms with Crippen LogP contribution in [-0.4, -0.2) is 32.2 Å². The molecular weight excluding hydrogens is 296 g/mol. The molecule has 0 aromatic carbocycles. The van der Waals surface area contributed by atoms with E-state index in [1.807, 2.05) is 25.5 Å². The highest BCUT2D eigenvalue weighted by Gasteiger charge is 2.59. The van der Waals surface area contributed by atoms with Crippen molar-refractivity contribution in [2.75, 3.05) is 6.61 Å². The molecule has 120 valence electrons. The van der Waals surface area contributed by atoms with Crippen molar-refractivity contribution in [3.63, 3.8) is 0 Å². The van der Waals surface area contributed by atoms with Gasteiger partial charge in [0.2, 0.25) is 5.60 Å². The van der Waals surface area contributed by atoms with Crippen LogP contribution in [0.15, 0.2) is 5.16 Å². The molecule has 1 N–H and O–H groups in total. The lowest BCUT2D eigenvalue weighted by molar-refractivity contribution is -0.144. The van der Waals surface area contributed by atoms with Crippen LogP contribution in [0.4, 0.5) is 0 Å². The minimum Gasteiger partial charge on any atom is -0.378 e. The molecule has 7 nitrogen and oxygen atoms in total. The second-order valence-corrected chi connectivity index (χ2v) is 7.79. The largest absolute Gasteiger partial charge is 0.378 e. The lowest BCUT2D eigenvalue weighted by Gasteiger charge is -2.28. The first kappa shape index (κ1) is 16.2. The van der Waals surface area contributed by atoms with E-state index >= 15 is 0 Å². The van der Waals surface area contributed by atoms with Gasteiger partial charge in [-0.05, 0) is 26.2 Å². The third kappa shape index (κ3) is 2.91. The fourth-order valence-corrected chi connectivity index (χ4v) is 3.76. The van der Waals surface area contributed by atoms with E-state index < -0.39 is 21.8 Å². The van der Waals surface area contributed by atoms with Crippen LogP contribution in [0.2, 0.25) is 0 Å². The predicted octanol–water partition coefficient (Wildman–Crippen LogP) is 1.36. The van der Waals surface area contributed by atoms with Gasteiger partial charge in [0.1, 0.15) is 0 Å². The number of nitrogens with one attached hydrogen (secondary N) is 1. The Bertz CT molecular complexity index is 564. The van der Waals surface area contributed by atoms with Crippen molar-refractivity contribution >= 4 is 21.9 Å². The number of amides is 1. The summed E-state index contributed by atoms with van der Waals surface area (Å²) in [5, 5.41) is 4.08. The third-order valence-electron chi connectivity index (χ3n) is 3.88. The van der Waals surface area contributed by atoms with E-state index in [1.165, 1.54) is 6.92 Å². The molecule has 2 atom stereocenters. The zero-order valence-corrected chi connectivity index (χ0v) is 13.6. The molecule has 21 heavy (non-hydrogen) atoms. The average Bonchev–Trinajstić information content (AvgIpc) is 2.83. The van der Waals surface area contributed by atoms with Gasteiger partial charge in [0.15, 0.2) is 0 Å². The molecule has 0 aromatic heterocycles. The molecule has 0 radical (unpaired) electrons. The van der Waals surface area contributed by atoms with Crippen molar-refractivity contribution in [1.82, 2.24) is 4.72 Å². The Kier molecular flexibility index (Phi) is 4.05. The maximum atomic E-state index is 12.4. The van der Waals surface area contributed by atoms with Crippen molar-refractivity contribution in [2.45, 2.75) is 52.6 Å². The molecule has 1 amide bonds. The standard InChI is InChI=1S/C13H22N2O5S/c1-5-19-21(17,18)15-11(16)13-8-6-7-9(13)10(14-20-13)12(2,3)4/h9H,5-8H2,1-4H3,(H,15,16). The van der Waals surface area contributed by atoms with E-state index in [1.54, 1.807) is 0 Å². The Labute approximate surface area is 125 Å². The summed E-state index contributed by atoms with van der Waals surface area (Å²) in [7, 11) is -4.10. The van der Waals surface area contributed by atoms with E-state index in [9.17, 15) is 13.2 Å². The number of nitrogens with zero attached hydrogens (tertiary/aromatic N) is 1. The minimum absolute atomic E-state index is 0.0381. The summed E-state index contributed by atoms with van der Waals surface area (Å²) in [6.45, 7) is 7.49. The monoisotopic (exact) mass is 318 g/mol. The first-order chi connectivity index (χ1) is 9.62. The molecule has 0 aromatic rings. The van der Waals surface area contributed by atoms with Crippen LogP contribution in [0.25, 0.3) is 0 Å². The van der Waals surface area contributed by atoms with Crippen molar-refractivity contribution in [3.8, 4) is 0 Å². The Morgan fingerprint density at radius 1 is 1.52 bits per heavy atom. The highest BCUT2D eigenvalue weighted by Crippen LogP contribution is 2.47. The summed E-state index contributed by atoms with van der Waals surface area (Å²) in [6.07, 6.45) is 2.01. The number of hydrogen-bond donors (Lipinski definition) is 1. The summed E-state index contributed by atoms with van der Waals surface area (Å²) in [4.78, 5) is 17.9. The van der Waals surface area contributed by atoms with E-state index in [2.05, 4.69) is 9.34 Å². The van der Waals surface area contributed by atoms with Crippen molar-refractivity contribution < 1.29 is 22.2 Å².